The lowest BCUT2D eigenvalue weighted by Gasteiger charge is -2.18. The summed E-state index contributed by atoms with van der Waals surface area (Å²) >= 11 is 5.94. The zero-order valence-electron chi connectivity index (χ0n) is 11.2. The molecule has 5 heteroatoms. The Balaban J connectivity index is 2.00. The molecule has 2 rings (SSSR count). The van der Waals surface area contributed by atoms with Gasteiger partial charge in [0.1, 0.15) is 5.75 Å². The molecule has 0 bridgehead atoms. The summed E-state index contributed by atoms with van der Waals surface area (Å²) in [6.45, 7) is 1.89. The zero-order valence-corrected chi connectivity index (χ0v) is 12.0. The molecule has 1 atom stereocenters. The van der Waals surface area contributed by atoms with Gasteiger partial charge < -0.3 is 15.4 Å². The molecule has 0 radical (unpaired) electrons. The summed E-state index contributed by atoms with van der Waals surface area (Å²) in [4.78, 5) is 13.6. The number of nitrogens with two attached hydrogens (primary N) is 1. The number of likely N-dealkylation sites (N-methyl/N-ethyl adjacent to an activating group) is 1. The Morgan fingerprint density at radius 3 is 2.84 bits per heavy atom. The summed E-state index contributed by atoms with van der Waals surface area (Å²) < 4.78 is 5.58. The molecule has 1 amide bonds. The predicted molar refractivity (Wildman–Crippen MR) is 75.3 cm³/mol. The molecule has 0 heterocycles. The van der Waals surface area contributed by atoms with E-state index < -0.39 is 0 Å². The molecule has 0 saturated heterocycles. The number of hydrogen-bond donors (Lipinski definition) is 1. The molecular weight excluding hydrogens is 264 g/mol. The first kappa shape index (κ1) is 14.2. The molecule has 0 aromatic heterocycles. The van der Waals surface area contributed by atoms with Crippen LogP contribution in [0.2, 0.25) is 5.02 Å². The largest absolute Gasteiger partial charge is 0.483 e. The van der Waals surface area contributed by atoms with Crippen LogP contribution >= 0.6 is 11.6 Å². The van der Waals surface area contributed by atoms with E-state index in [0.717, 1.165) is 18.4 Å². The molecule has 1 aliphatic rings. The second-order valence-electron chi connectivity index (χ2n) is 5.00. The van der Waals surface area contributed by atoms with E-state index >= 15 is 0 Å². The van der Waals surface area contributed by atoms with Crippen molar-refractivity contribution in [3.8, 4) is 5.75 Å². The first-order valence-corrected chi connectivity index (χ1v) is 6.80. The number of carbonyl (C=O) groups excluding carboxylic acids is 1. The summed E-state index contributed by atoms with van der Waals surface area (Å²) in [5.74, 6) is 0.616. The fourth-order valence-electron chi connectivity index (χ4n) is 1.91. The van der Waals surface area contributed by atoms with Crippen LogP contribution in [0, 0.1) is 0 Å². The molecular formula is C14H19ClN2O2. The molecule has 1 saturated carbocycles. The maximum absolute atomic E-state index is 11.9. The van der Waals surface area contributed by atoms with E-state index in [2.05, 4.69) is 0 Å². The van der Waals surface area contributed by atoms with E-state index in [4.69, 9.17) is 22.1 Å². The van der Waals surface area contributed by atoms with Crippen molar-refractivity contribution in [3.63, 3.8) is 0 Å². The maximum atomic E-state index is 11.9. The monoisotopic (exact) mass is 282 g/mol. The van der Waals surface area contributed by atoms with Crippen molar-refractivity contribution in [3.05, 3.63) is 28.8 Å². The number of halogens is 1. The fraction of sp³-hybridized carbons (Fsp3) is 0.500. The molecule has 1 aromatic rings. The minimum absolute atomic E-state index is 0.00641. The van der Waals surface area contributed by atoms with Crippen molar-refractivity contribution in [2.45, 2.75) is 31.8 Å². The zero-order chi connectivity index (χ0) is 14.0. The summed E-state index contributed by atoms with van der Waals surface area (Å²) in [6, 6.07) is 5.47. The molecule has 0 unspecified atom stereocenters. The highest BCUT2D eigenvalue weighted by atomic mass is 35.5. The lowest BCUT2D eigenvalue weighted by Crippen LogP contribution is -2.33. The van der Waals surface area contributed by atoms with E-state index in [1.165, 1.54) is 0 Å². The molecule has 0 spiro atoms. The van der Waals surface area contributed by atoms with E-state index in [-0.39, 0.29) is 18.6 Å². The van der Waals surface area contributed by atoms with Gasteiger partial charge in [0.15, 0.2) is 6.61 Å². The van der Waals surface area contributed by atoms with E-state index in [1.807, 2.05) is 14.0 Å². The Labute approximate surface area is 118 Å². The van der Waals surface area contributed by atoms with Gasteiger partial charge in [0.05, 0.1) is 0 Å². The van der Waals surface area contributed by atoms with Crippen LogP contribution in [0.1, 0.15) is 31.4 Å². The predicted octanol–water partition coefficient (Wildman–Crippen LogP) is 2.36. The molecule has 19 heavy (non-hydrogen) atoms. The number of carbonyl (C=O) groups is 1. The average molecular weight is 283 g/mol. The molecule has 1 aliphatic carbocycles. The normalized spacial score (nSPS) is 16.0. The Kier molecular flexibility index (Phi) is 4.32. The fourth-order valence-corrected chi connectivity index (χ4v) is 2.09. The van der Waals surface area contributed by atoms with E-state index in [1.54, 1.807) is 23.1 Å². The Morgan fingerprint density at radius 2 is 2.26 bits per heavy atom. The van der Waals surface area contributed by atoms with Crippen molar-refractivity contribution < 1.29 is 9.53 Å². The quantitative estimate of drug-likeness (QED) is 0.902. The number of rotatable bonds is 5. The van der Waals surface area contributed by atoms with Gasteiger partial charge in [-0.05, 0) is 38.0 Å². The molecule has 2 N–H and O–H groups in total. The van der Waals surface area contributed by atoms with E-state index in [9.17, 15) is 4.79 Å². The second kappa shape index (κ2) is 5.80. The van der Waals surface area contributed by atoms with Crippen molar-refractivity contribution >= 4 is 17.5 Å². The number of amides is 1. The Hall–Kier alpha value is -1.26. The summed E-state index contributed by atoms with van der Waals surface area (Å²) in [6.07, 6.45) is 2.18. The highest BCUT2D eigenvalue weighted by Gasteiger charge is 2.29. The van der Waals surface area contributed by atoms with Gasteiger partial charge in [0, 0.05) is 29.7 Å². The molecule has 1 aromatic carbocycles. The third-order valence-corrected chi connectivity index (χ3v) is 3.54. The van der Waals surface area contributed by atoms with Gasteiger partial charge in [-0.15, -0.1) is 0 Å². The van der Waals surface area contributed by atoms with Crippen molar-refractivity contribution in [1.29, 1.82) is 0 Å². The van der Waals surface area contributed by atoms with Gasteiger partial charge in [0.25, 0.3) is 5.91 Å². The lowest BCUT2D eigenvalue weighted by atomic mass is 10.1. The number of ether oxygens (including phenoxy) is 1. The third kappa shape index (κ3) is 3.61. The third-order valence-electron chi connectivity index (χ3n) is 3.30. The standard InChI is InChI=1S/C14H19ClN2O2/c1-9(16)12-7-10(15)3-6-13(12)19-8-14(18)17(2)11-4-5-11/h3,6-7,9,11H,4-5,8,16H2,1-2H3/t9-/m1/s1. The minimum Gasteiger partial charge on any atom is -0.483 e. The van der Waals surface area contributed by atoms with Crippen LogP contribution in [-0.2, 0) is 4.79 Å². The molecule has 1 fully saturated rings. The van der Waals surface area contributed by atoms with Crippen LogP contribution in [-0.4, -0.2) is 30.5 Å². The van der Waals surface area contributed by atoms with Crippen molar-refractivity contribution in [2.24, 2.45) is 5.73 Å². The summed E-state index contributed by atoms with van der Waals surface area (Å²) in [7, 11) is 1.82. The number of benzene rings is 1. The molecule has 4 nitrogen and oxygen atoms in total. The van der Waals surface area contributed by atoms with Crippen LogP contribution in [0.5, 0.6) is 5.75 Å². The van der Waals surface area contributed by atoms with E-state index in [0.29, 0.717) is 16.8 Å². The van der Waals surface area contributed by atoms with Crippen LogP contribution in [0.25, 0.3) is 0 Å². The van der Waals surface area contributed by atoms with Gasteiger partial charge >= 0.3 is 0 Å². The lowest BCUT2D eigenvalue weighted by molar-refractivity contribution is -0.132. The van der Waals surface area contributed by atoms with Crippen molar-refractivity contribution in [2.75, 3.05) is 13.7 Å². The second-order valence-corrected chi connectivity index (χ2v) is 5.43. The van der Waals surface area contributed by atoms with Crippen molar-refractivity contribution in [1.82, 2.24) is 4.90 Å². The topological polar surface area (TPSA) is 55.6 Å². The number of hydrogen-bond acceptors (Lipinski definition) is 3. The highest BCUT2D eigenvalue weighted by Crippen LogP contribution is 2.28. The Bertz CT molecular complexity index is 473. The first-order chi connectivity index (χ1) is 8.99. The maximum Gasteiger partial charge on any atom is 0.260 e. The van der Waals surface area contributed by atoms with Crippen LogP contribution < -0.4 is 10.5 Å². The summed E-state index contributed by atoms with van der Waals surface area (Å²) in [5.41, 5.74) is 6.69. The van der Waals surface area contributed by atoms with Crippen LogP contribution in [0.4, 0.5) is 0 Å². The Morgan fingerprint density at radius 1 is 1.58 bits per heavy atom. The SMILES string of the molecule is C[C@@H](N)c1cc(Cl)ccc1OCC(=O)N(C)C1CC1. The average Bonchev–Trinajstić information content (AvgIpc) is 3.20. The number of nitrogens with zero attached hydrogens (tertiary/aromatic N) is 1. The van der Waals surface area contributed by atoms with Gasteiger partial charge in [-0.25, -0.2) is 0 Å². The molecule has 0 aliphatic heterocycles. The summed E-state index contributed by atoms with van der Waals surface area (Å²) in [5, 5.41) is 0.612. The molecule has 104 valence electrons. The van der Waals surface area contributed by atoms with Crippen LogP contribution in [0.3, 0.4) is 0 Å². The minimum atomic E-state index is -0.190. The van der Waals surface area contributed by atoms with Gasteiger partial charge in [-0.3, -0.25) is 4.79 Å². The highest BCUT2D eigenvalue weighted by molar-refractivity contribution is 6.30. The smallest absolute Gasteiger partial charge is 0.260 e. The van der Waals surface area contributed by atoms with Gasteiger partial charge in [-0.2, -0.15) is 0 Å². The first-order valence-electron chi connectivity index (χ1n) is 6.42. The van der Waals surface area contributed by atoms with Crippen LogP contribution in [0.15, 0.2) is 18.2 Å². The van der Waals surface area contributed by atoms with Gasteiger partial charge in [0.2, 0.25) is 0 Å². The van der Waals surface area contributed by atoms with Gasteiger partial charge in [-0.1, -0.05) is 11.6 Å².